The maximum Gasteiger partial charge on any atom is 0.319 e. The number of ether oxygens (including phenoxy) is 2. The van der Waals surface area contributed by atoms with E-state index in [0.29, 0.717) is 64.5 Å². The van der Waals surface area contributed by atoms with E-state index >= 15 is 0 Å². The molecule has 2 rings (SSSR count). The summed E-state index contributed by atoms with van der Waals surface area (Å²) in [6.45, 7) is 6.91. The summed E-state index contributed by atoms with van der Waals surface area (Å²) in [5, 5.41) is 5.78. The topological polar surface area (TPSA) is 97.0 Å². The van der Waals surface area contributed by atoms with Crippen LogP contribution < -0.4 is 10.6 Å². The summed E-state index contributed by atoms with van der Waals surface area (Å²) in [4.78, 5) is 12.3. The fourth-order valence-corrected chi connectivity index (χ4v) is 4.75. The Morgan fingerprint density at radius 3 is 2.59 bits per heavy atom. The number of carbonyl (C=O) groups excluding carboxylic acids is 1. The molecule has 0 bridgehead atoms. The Balaban J connectivity index is 1.75. The van der Waals surface area contributed by atoms with Crippen molar-refractivity contribution in [1.82, 2.24) is 9.62 Å². The molecule has 29 heavy (non-hydrogen) atoms. The van der Waals surface area contributed by atoms with Crippen LogP contribution in [0.2, 0.25) is 0 Å². The van der Waals surface area contributed by atoms with Crippen LogP contribution in [0, 0.1) is 0 Å². The Labute approximate surface area is 174 Å². The Bertz CT molecular complexity index is 733. The van der Waals surface area contributed by atoms with Crippen LogP contribution in [0.3, 0.4) is 0 Å². The van der Waals surface area contributed by atoms with Crippen molar-refractivity contribution in [3.05, 3.63) is 29.8 Å². The van der Waals surface area contributed by atoms with Crippen molar-refractivity contribution in [1.29, 1.82) is 0 Å². The first-order valence-electron chi connectivity index (χ1n) is 10.2. The summed E-state index contributed by atoms with van der Waals surface area (Å²) in [6.07, 6.45) is 1.84. The fraction of sp³-hybridized carbons (Fsp3) is 0.650. The molecular weight excluding hydrogens is 394 g/mol. The van der Waals surface area contributed by atoms with Crippen LogP contribution in [-0.2, 0) is 26.1 Å². The molecule has 0 atom stereocenters. The number of amides is 2. The monoisotopic (exact) mass is 427 g/mol. The minimum atomic E-state index is -3.17. The van der Waals surface area contributed by atoms with Gasteiger partial charge in [-0.25, -0.2) is 17.5 Å². The third kappa shape index (κ3) is 8.30. The van der Waals surface area contributed by atoms with Crippen molar-refractivity contribution < 1.29 is 22.7 Å². The van der Waals surface area contributed by atoms with E-state index < -0.39 is 10.0 Å². The first-order valence-corrected chi connectivity index (χ1v) is 11.8. The van der Waals surface area contributed by atoms with E-state index in [-0.39, 0.29) is 17.8 Å². The highest BCUT2D eigenvalue weighted by Gasteiger charge is 2.27. The molecule has 0 unspecified atom stereocenters. The fourth-order valence-electron chi connectivity index (χ4n) is 3.21. The van der Waals surface area contributed by atoms with Gasteiger partial charge < -0.3 is 20.1 Å². The molecule has 2 N–H and O–H groups in total. The van der Waals surface area contributed by atoms with Crippen molar-refractivity contribution >= 4 is 21.7 Å². The van der Waals surface area contributed by atoms with Gasteiger partial charge in [0.05, 0.1) is 25.6 Å². The highest BCUT2D eigenvalue weighted by atomic mass is 32.2. The number of hydrogen-bond acceptors (Lipinski definition) is 5. The SMILES string of the molecule is CCCS(=O)(=O)N1CCC(NC(=O)Nc2cccc(COCCOCC)c2)CC1. The highest BCUT2D eigenvalue weighted by Crippen LogP contribution is 2.16. The Kier molecular flexibility index (Phi) is 9.86. The standard InChI is InChI=1S/C20H33N3O5S/c1-3-14-29(25,26)23-10-8-18(9-11-23)21-20(24)22-19-7-5-6-17(15-19)16-28-13-12-27-4-2/h5-7,15,18H,3-4,8-14,16H2,1-2H3,(H2,21,22,24). The van der Waals surface area contributed by atoms with Crippen LogP contribution in [0.4, 0.5) is 10.5 Å². The maximum absolute atomic E-state index is 12.3. The first-order chi connectivity index (χ1) is 13.9. The van der Waals surface area contributed by atoms with Crippen molar-refractivity contribution in [3.8, 4) is 0 Å². The van der Waals surface area contributed by atoms with E-state index in [9.17, 15) is 13.2 Å². The van der Waals surface area contributed by atoms with Gasteiger partial charge in [0.25, 0.3) is 0 Å². The second kappa shape index (κ2) is 12.1. The van der Waals surface area contributed by atoms with Crippen LogP contribution in [0.15, 0.2) is 24.3 Å². The van der Waals surface area contributed by atoms with Gasteiger partial charge in [-0.05, 0) is 43.9 Å². The molecule has 164 valence electrons. The molecular formula is C20H33N3O5S. The average molecular weight is 428 g/mol. The number of urea groups is 1. The average Bonchev–Trinajstić information content (AvgIpc) is 2.68. The molecule has 0 radical (unpaired) electrons. The zero-order chi connectivity index (χ0) is 21.1. The number of hydrogen-bond donors (Lipinski definition) is 2. The number of rotatable bonds is 11. The molecule has 1 aromatic carbocycles. The Hall–Kier alpha value is -1.68. The van der Waals surface area contributed by atoms with Crippen LogP contribution in [0.5, 0.6) is 0 Å². The maximum atomic E-state index is 12.3. The molecule has 2 amide bonds. The lowest BCUT2D eigenvalue weighted by Crippen LogP contribution is -2.47. The van der Waals surface area contributed by atoms with E-state index in [4.69, 9.17) is 9.47 Å². The van der Waals surface area contributed by atoms with E-state index in [2.05, 4.69) is 10.6 Å². The zero-order valence-electron chi connectivity index (χ0n) is 17.4. The van der Waals surface area contributed by atoms with Gasteiger partial charge in [-0.15, -0.1) is 0 Å². The lowest BCUT2D eigenvalue weighted by molar-refractivity contribution is 0.0453. The molecule has 1 saturated heterocycles. The number of sulfonamides is 1. The van der Waals surface area contributed by atoms with Crippen LogP contribution in [-0.4, -0.2) is 63.5 Å². The predicted octanol–water partition coefficient (Wildman–Crippen LogP) is 2.57. The van der Waals surface area contributed by atoms with Gasteiger partial charge in [0.15, 0.2) is 0 Å². The van der Waals surface area contributed by atoms with E-state index in [0.717, 1.165) is 5.56 Å². The quantitative estimate of drug-likeness (QED) is 0.529. The Morgan fingerprint density at radius 1 is 1.17 bits per heavy atom. The van der Waals surface area contributed by atoms with Crippen LogP contribution in [0.1, 0.15) is 38.7 Å². The smallest absolute Gasteiger partial charge is 0.319 e. The summed E-state index contributed by atoms with van der Waals surface area (Å²) in [5.74, 6) is 0.178. The second-order valence-electron chi connectivity index (χ2n) is 7.04. The molecule has 1 aliphatic heterocycles. The molecule has 9 heteroatoms. The lowest BCUT2D eigenvalue weighted by atomic mass is 10.1. The predicted molar refractivity (Wildman–Crippen MR) is 113 cm³/mol. The summed E-state index contributed by atoms with van der Waals surface area (Å²) in [5.41, 5.74) is 1.66. The van der Waals surface area contributed by atoms with Crippen molar-refractivity contribution in [3.63, 3.8) is 0 Å². The molecule has 0 aliphatic carbocycles. The van der Waals surface area contributed by atoms with E-state index in [1.54, 1.807) is 0 Å². The number of anilines is 1. The molecule has 0 aromatic heterocycles. The molecule has 0 spiro atoms. The number of piperidine rings is 1. The van der Waals surface area contributed by atoms with Crippen LogP contribution in [0.25, 0.3) is 0 Å². The minimum Gasteiger partial charge on any atom is -0.379 e. The minimum absolute atomic E-state index is 0.0341. The van der Waals surface area contributed by atoms with E-state index in [1.807, 2.05) is 38.1 Å². The third-order valence-corrected chi connectivity index (χ3v) is 6.75. The number of nitrogens with zero attached hydrogens (tertiary/aromatic N) is 1. The molecule has 1 heterocycles. The largest absolute Gasteiger partial charge is 0.379 e. The van der Waals surface area contributed by atoms with Gasteiger partial charge in [0.1, 0.15) is 0 Å². The van der Waals surface area contributed by atoms with Gasteiger partial charge in [0.2, 0.25) is 10.0 Å². The number of benzene rings is 1. The van der Waals surface area contributed by atoms with Gasteiger partial charge >= 0.3 is 6.03 Å². The molecule has 8 nitrogen and oxygen atoms in total. The number of nitrogens with one attached hydrogen (secondary N) is 2. The van der Waals surface area contributed by atoms with Gasteiger partial charge in [-0.2, -0.15) is 0 Å². The van der Waals surface area contributed by atoms with Crippen molar-refractivity contribution in [2.45, 2.75) is 45.8 Å². The number of carbonyl (C=O) groups is 1. The molecule has 1 aliphatic rings. The van der Waals surface area contributed by atoms with Crippen molar-refractivity contribution in [2.75, 3.05) is 44.0 Å². The normalized spacial score (nSPS) is 15.9. The van der Waals surface area contributed by atoms with Gasteiger partial charge in [-0.1, -0.05) is 19.1 Å². The van der Waals surface area contributed by atoms with E-state index in [1.165, 1.54) is 4.31 Å². The first kappa shape index (κ1) is 23.6. The highest BCUT2D eigenvalue weighted by molar-refractivity contribution is 7.89. The summed E-state index contributed by atoms with van der Waals surface area (Å²) in [6, 6.07) is 7.19. The summed E-state index contributed by atoms with van der Waals surface area (Å²) in [7, 11) is -3.17. The molecule has 0 saturated carbocycles. The van der Waals surface area contributed by atoms with Crippen LogP contribution >= 0.6 is 0 Å². The van der Waals surface area contributed by atoms with Gasteiger partial charge in [-0.3, -0.25) is 0 Å². The second-order valence-corrected chi connectivity index (χ2v) is 9.13. The summed E-state index contributed by atoms with van der Waals surface area (Å²) < 4.78 is 36.6. The molecule has 1 fully saturated rings. The molecule has 1 aromatic rings. The zero-order valence-corrected chi connectivity index (χ0v) is 18.2. The Morgan fingerprint density at radius 2 is 1.90 bits per heavy atom. The third-order valence-electron chi connectivity index (χ3n) is 4.67. The van der Waals surface area contributed by atoms with Crippen molar-refractivity contribution in [2.24, 2.45) is 0 Å². The summed E-state index contributed by atoms with van der Waals surface area (Å²) >= 11 is 0. The lowest BCUT2D eigenvalue weighted by Gasteiger charge is -2.31. The van der Waals surface area contributed by atoms with Gasteiger partial charge in [0, 0.05) is 31.4 Å².